The van der Waals surface area contributed by atoms with Crippen LogP contribution in [0.2, 0.25) is 0 Å². The molecule has 4 fully saturated rings. The van der Waals surface area contributed by atoms with Crippen molar-refractivity contribution >= 4 is 11.8 Å². The number of nitro groups is 1. The predicted molar refractivity (Wildman–Crippen MR) is 73.7 cm³/mol. The van der Waals surface area contributed by atoms with Crippen molar-refractivity contribution in [3.05, 3.63) is 28.0 Å². The van der Waals surface area contributed by atoms with E-state index in [0.29, 0.717) is 11.8 Å². The Bertz CT molecular complexity index is 566. The lowest BCUT2D eigenvalue weighted by molar-refractivity contribution is -0.402. The molecule has 5 rings (SSSR count). The van der Waals surface area contributed by atoms with Gasteiger partial charge in [0.15, 0.2) is 5.76 Å². The standard InChI is InChI=1S/C15H18N2O4/c18-15(12-1-2-13(21-12)17(19)20)16-14-10-4-8-3-9(6-10)7-11(14)5-8/h1-2,8-11,14H,3-7H2,(H,16,18). The first-order valence-electron chi connectivity index (χ1n) is 7.65. The number of carbonyl (C=O) groups excluding carboxylic acids is 1. The third-order valence-corrected chi connectivity index (χ3v) is 5.52. The number of carbonyl (C=O) groups is 1. The fraction of sp³-hybridized carbons (Fsp3) is 0.667. The van der Waals surface area contributed by atoms with Crippen LogP contribution < -0.4 is 5.32 Å². The first kappa shape index (κ1) is 12.9. The van der Waals surface area contributed by atoms with Crippen molar-refractivity contribution in [2.45, 2.75) is 38.1 Å². The maximum absolute atomic E-state index is 12.2. The molecule has 6 nitrogen and oxygen atoms in total. The predicted octanol–water partition coefficient (Wildman–Crippen LogP) is 2.74. The highest BCUT2D eigenvalue weighted by molar-refractivity contribution is 5.92. The fourth-order valence-electron chi connectivity index (χ4n) is 4.93. The van der Waals surface area contributed by atoms with Crippen LogP contribution in [-0.2, 0) is 0 Å². The van der Waals surface area contributed by atoms with Gasteiger partial charge in [-0.25, -0.2) is 0 Å². The van der Waals surface area contributed by atoms with Gasteiger partial charge in [-0.1, -0.05) is 0 Å². The lowest BCUT2D eigenvalue weighted by Gasteiger charge is -2.54. The quantitative estimate of drug-likeness (QED) is 0.685. The Hall–Kier alpha value is -1.85. The molecule has 0 radical (unpaired) electrons. The van der Waals surface area contributed by atoms with Crippen LogP contribution in [-0.4, -0.2) is 16.9 Å². The number of nitrogens with zero attached hydrogens (tertiary/aromatic N) is 1. The number of furan rings is 1. The van der Waals surface area contributed by atoms with E-state index in [9.17, 15) is 14.9 Å². The lowest BCUT2D eigenvalue weighted by Crippen LogP contribution is -2.55. The average Bonchev–Trinajstić information content (AvgIpc) is 2.92. The molecule has 112 valence electrons. The molecule has 0 aromatic carbocycles. The van der Waals surface area contributed by atoms with Gasteiger partial charge in [0.1, 0.15) is 4.92 Å². The van der Waals surface area contributed by atoms with Crippen molar-refractivity contribution in [3.63, 3.8) is 0 Å². The number of hydrogen-bond donors (Lipinski definition) is 1. The lowest BCUT2D eigenvalue weighted by atomic mass is 9.54. The molecule has 0 unspecified atom stereocenters. The molecule has 0 saturated heterocycles. The summed E-state index contributed by atoms with van der Waals surface area (Å²) in [4.78, 5) is 22.2. The Morgan fingerprint density at radius 3 is 2.29 bits per heavy atom. The highest BCUT2D eigenvalue weighted by atomic mass is 16.6. The molecule has 0 spiro atoms. The molecular weight excluding hydrogens is 272 g/mol. The van der Waals surface area contributed by atoms with E-state index in [1.54, 1.807) is 0 Å². The fourth-order valence-corrected chi connectivity index (χ4v) is 4.93. The third kappa shape index (κ3) is 2.13. The maximum Gasteiger partial charge on any atom is 0.433 e. The van der Waals surface area contributed by atoms with Crippen LogP contribution in [0.1, 0.15) is 42.7 Å². The Kier molecular flexibility index (Phi) is 2.80. The molecule has 4 aliphatic carbocycles. The highest BCUT2D eigenvalue weighted by Crippen LogP contribution is 2.53. The molecule has 0 atom stereocenters. The third-order valence-electron chi connectivity index (χ3n) is 5.52. The normalized spacial score (nSPS) is 36.7. The zero-order valence-electron chi connectivity index (χ0n) is 11.7. The smallest absolute Gasteiger partial charge is 0.395 e. The molecule has 4 saturated carbocycles. The number of amides is 1. The van der Waals surface area contributed by atoms with Crippen LogP contribution in [0.4, 0.5) is 5.88 Å². The van der Waals surface area contributed by atoms with Gasteiger partial charge in [0.05, 0.1) is 6.07 Å². The van der Waals surface area contributed by atoms with Crippen LogP contribution in [0.15, 0.2) is 16.5 Å². The van der Waals surface area contributed by atoms with E-state index < -0.39 is 4.92 Å². The minimum atomic E-state index is -0.625. The number of rotatable bonds is 3. The van der Waals surface area contributed by atoms with Gasteiger partial charge in [0.2, 0.25) is 0 Å². The van der Waals surface area contributed by atoms with E-state index >= 15 is 0 Å². The minimum Gasteiger partial charge on any atom is -0.395 e. The van der Waals surface area contributed by atoms with E-state index in [2.05, 4.69) is 5.32 Å². The second kappa shape index (κ2) is 4.58. The summed E-state index contributed by atoms with van der Waals surface area (Å²) in [6, 6.07) is 2.82. The van der Waals surface area contributed by atoms with E-state index in [-0.39, 0.29) is 23.6 Å². The van der Waals surface area contributed by atoms with Crippen LogP contribution in [0.3, 0.4) is 0 Å². The SMILES string of the molecule is O=C(NC1C2CC3CC(C2)CC1C3)c1ccc([N+](=O)[O-])o1. The summed E-state index contributed by atoms with van der Waals surface area (Å²) in [5, 5.41) is 13.7. The topological polar surface area (TPSA) is 85.4 Å². The van der Waals surface area contributed by atoms with Crippen molar-refractivity contribution in [2.75, 3.05) is 0 Å². The maximum atomic E-state index is 12.2. The van der Waals surface area contributed by atoms with E-state index in [4.69, 9.17) is 4.42 Å². The van der Waals surface area contributed by atoms with Crippen molar-refractivity contribution in [3.8, 4) is 0 Å². The Morgan fingerprint density at radius 1 is 1.14 bits per heavy atom. The van der Waals surface area contributed by atoms with Gasteiger partial charge < -0.3 is 9.73 Å². The molecule has 1 aromatic heterocycles. The van der Waals surface area contributed by atoms with E-state index in [1.165, 1.54) is 44.2 Å². The summed E-state index contributed by atoms with van der Waals surface area (Å²) >= 11 is 0. The minimum absolute atomic E-state index is 0.0375. The molecule has 4 aliphatic rings. The summed E-state index contributed by atoms with van der Waals surface area (Å²) in [6.07, 6.45) is 6.25. The Labute approximate surface area is 122 Å². The van der Waals surface area contributed by atoms with E-state index in [0.717, 1.165) is 11.8 Å². The van der Waals surface area contributed by atoms with Crippen LogP contribution in [0.5, 0.6) is 0 Å². The van der Waals surface area contributed by atoms with Gasteiger partial charge in [-0.05, 0) is 61.8 Å². The number of nitrogens with one attached hydrogen (secondary N) is 1. The summed E-state index contributed by atoms with van der Waals surface area (Å²) in [6.45, 7) is 0. The zero-order valence-corrected chi connectivity index (χ0v) is 11.7. The van der Waals surface area contributed by atoms with Gasteiger partial charge in [-0.3, -0.25) is 14.9 Å². The molecule has 1 aromatic rings. The van der Waals surface area contributed by atoms with Crippen molar-refractivity contribution in [2.24, 2.45) is 23.7 Å². The molecule has 1 heterocycles. The van der Waals surface area contributed by atoms with Crippen molar-refractivity contribution in [1.29, 1.82) is 0 Å². The van der Waals surface area contributed by atoms with Gasteiger partial charge in [0, 0.05) is 6.04 Å². The molecule has 6 heteroatoms. The van der Waals surface area contributed by atoms with Gasteiger partial charge in [-0.2, -0.15) is 0 Å². The van der Waals surface area contributed by atoms with Crippen LogP contribution in [0, 0.1) is 33.8 Å². The molecule has 1 N–H and O–H groups in total. The van der Waals surface area contributed by atoms with Gasteiger partial charge in [0.25, 0.3) is 5.91 Å². The molecule has 21 heavy (non-hydrogen) atoms. The summed E-state index contributed by atoms with van der Waals surface area (Å²) in [7, 11) is 0. The first-order valence-corrected chi connectivity index (χ1v) is 7.65. The summed E-state index contributed by atoms with van der Waals surface area (Å²) in [5.41, 5.74) is 0. The highest BCUT2D eigenvalue weighted by Gasteiger charge is 2.48. The largest absolute Gasteiger partial charge is 0.433 e. The second-order valence-corrected chi connectivity index (χ2v) is 6.82. The molecule has 4 bridgehead atoms. The van der Waals surface area contributed by atoms with E-state index in [1.807, 2.05) is 0 Å². The summed E-state index contributed by atoms with van der Waals surface area (Å²) in [5.74, 6) is 2.20. The van der Waals surface area contributed by atoms with Crippen molar-refractivity contribution in [1.82, 2.24) is 5.32 Å². The second-order valence-electron chi connectivity index (χ2n) is 6.82. The summed E-state index contributed by atoms with van der Waals surface area (Å²) < 4.78 is 4.99. The Balaban J connectivity index is 1.48. The average molecular weight is 290 g/mol. The van der Waals surface area contributed by atoms with Gasteiger partial charge >= 0.3 is 5.88 Å². The molecule has 1 amide bonds. The number of hydrogen-bond acceptors (Lipinski definition) is 4. The van der Waals surface area contributed by atoms with Crippen LogP contribution in [0.25, 0.3) is 0 Å². The zero-order chi connectivity index (χ0) is 14.6. The van der Waals surface area contributed by atoms with Gasteiger partial charge in [-0.15, -0.1) is 0 Å². The first-order chi connectivity index (χ1) is 10.1. The van der Waals surface area contributed by atoms with Crippen LogP contribution >= 0.6 is 0 Å². The molecular formula is C15H18N2O4. The van der Waals surface area contributed by atoms with Crippen molar-refractivity contribution < 1.29 is 14.1 Å². The molecule has 0 aliphatic heterocycles. The monoisotopic (exact) mass is 290 g/mol. The Morgan fingerprint density at radius 2 is 1.76 bits per heavy atom.